The van der Waals surface area contributed by atoms with Gasteiger partial charge in [0.2, 0.25) is 5.16 Å². The first kappa shape index (κ1) is 21.6. The number of anilines is 1. The first-order valence-corrected chi connectivity index (χ1v) is 11.1. The number of thioether (sulfide) groups is 1. The van der Waals surface area contributed by atoms with E-state index in [1.165, 1.54) is 12.1 Å². The van der Waals surface area contributed by atoms with Gasteiger partial charge in [-0.05, 0) is 53.7 Å². The normalized spacial score (nSPS) is 15.4. The molecule has 2 aromatic carbocycles. The summed E-state index contributed by atoms with van der Waals surface area (Å²) in [7, 11) is 0. The number of hydrogen-bond donors (Lipinski definition) is 0. The van der Waals surface area contributed by atoms with Gasteiger partial charge in [-0.1, -0.05) is 36.0 Å². The summed E-state index contributed by atoms with van der Waals surface area (Å²) in [4.78, 5) is 4.37. The third kappa shape index (κ3) is 5.56. The van der Waals surface area contributed by atoms with Crippen molar-refractivity contribution in [3.8, 4) is 5.69 Å². The summed E-state index contributed by atoms with van der Waals surface area (Å²) in [6.07, 6.45) is -3.33. The number of piperazine rings is 1. The number of rotatable bonds is 7. The smallest absolute Gasteiger partial charge is 0.369 e. The van der Waals surface area contributed by atoms with E-state index in [2.05, 4.69) is 20.4 Å². The number of alkyl halides is 3. The molecular weight excluding hydrogens is 425 g/mol. The quantitative estimate of drug-likeness (QED) is 0.403. The van der Waals surface area contributed by atoms with Crippen LogP contribution in [0.4, 0.5) is 18.9 Å². The van der Waals surface area contributed by atoms with Crippen LogP contribution in [0.15, 0.2) is 59.8 Å². The Hall–Kier alpha value is -2.59. The molecule has 4 rings (SSSR count). The Morgan fingerprint density at radius 1 is 0.903 bits per heavy atom. The molecule has 2 heterocycles. The largest absolute Gasteiger partial charge is 0.416 e. The van der Waals surface area contributed by atoms with Crippen LogP contribution in [0, 0.1) is 0 Å². The van der Waals surface area contributed by atoms with Crippen LogP contribution >= 0.6 is 11.8 Å². The minimum Gasteiger partial charge on any atom is -0.369 e. The molecule has 10 heteroatoms. The molecule has 164 valence electrons. The lowest BCUT2D eigenvalue weighted by atomic mass is 10.1. The summed E-state index contributed by atoms with van der Waals surface area (Å²) in [6.45, 7) is 4.06. The number of aromatic nitrogens is 4. The van der Waals surface area contributed by atoms with Crippen LogP contribution in [0.25, 0.3) is 5.69 Å². The van der Waals surface area contributed by atoms with Gasteiger partial charge in [-0.15, -0.1) is 5.10 Å². The van der Waals surface area contributed by atoms with Gasteiger partial charge in [-0.2, -0.15) is 17.9 Å². The number of hydrogen-bond acceptors (Lipinski definition) is 6. The second-order valence-corrected chi connectivity index (χ2v) is 8.35. The SMILES string of the molecule is FC(F)(F)c1cccc(N2CCN(CCCSc3nnnn3-c3ccccc3)CC2)c1. The Balaban J connectivity index is 1.22. The van der Waals surface area contributed by atoms with Crippen molar-refractivity contribution in [2.24, 2.45) is 0 Å². The maximum atomic E-state index is 13.0. The third-order valence-corrected chi connectivity index (χ3v) is 6.21. The molecule has 0 amide bonds. The molecule has 0 N–H and O–H groups in total. The Labute approximate surface area is 183 Å². The maximum Gasteiger partial charge on any atom is 0.416 e. The number of tetrazole rings is 1. The van der Waals surface area contributed by atoms with Gasteiger partial charge >= 0.3 is 6.18 Å². The Morgan fingerprint density at radius 2 is 1.65 bits per heavy atom. The van der Waals surface area contributed by atoms with Crippen LogP contribution in [0.3, 0.4) is 0 Å². The molecule has 1 aliphatic heterocycles. The van der Waals surface area contributed by atoms with Gasteiger partial charge in [0.05, 0.1) is 11.3 Å². The summed E-state index contributed by atoms with van der Waals surface area (Å²) in [6, 6.07) is 15.4. The first-order chi connectivity index (χ1) is 15.0. The zero-order valence-electron chi connectivity index (χ0n) is 16.9. The summed E-state index contributed by atoms with van der Waals surface area (Å²) in [5.41, 5.74) is 0.973. The minimum absolute atomic E-state index is 0.595. The van der Waals surface area contributed by atoms with Crippen molar-refractivity contribution in [2.75, 3.05) is 43.4 Å². The lowest BCUT2D eigenvalue weighted by Crippen LogP contribution is -2.46. The van der Waals surface area contributed by atoms with Crippen molar-refractivity contribution >= 4 is 17.4 Å². The second-order valence-electron chi connectivity index (χ2n) is 7.29. The Kier molecular flexibility index (Phi) is 6.77. The van der Waals surface area contributed by atoms with E-state index in [9.17, 15) is 13.2 Å². The summed E-state index contributed by atoms with van der Waals surface area (Å²) in [5.74, 6) is 0.890. The predicted molar refractivity (Wildman–Crippen MR) is 115 cm³/mol. The van der Waals surface area contributed by atoms with Gasteiger partial charge in [-0.3, -0.25) is 4.90 Å². The fraction of sp³-hybridized carbons (Fsp3) is 0.381. The molecule has 3 aromatic rings. The van der Waals surface area contributed by atoms with Gasteiger partial charge in [0.1, 0.15) is 0 Å². The third-order valence-electron chi connectivity index (χ3n) is 5.20. The molecule has 1 fully saturated rings. The predicted octanol–water partition coefficient (Wildman–Crippen LogP) is 3.99. The van der Waals surface area contributed by atoms with Gasteiger partial charge in [0.25, 0.3) is 0 Å². The molecule has 1 saturated heterocycles. The minimum atomic E-state index is -4.31. The summed E-state index contributed by atoms with van der Waals surface area (Å²) < 4.78 is 40.6. The molecule has 0 radical (unpaired) electrons. The van der Waals surface area contributed by atoms with E-state index in [-0.39, 0.29) is 0 Å². The zero-order chi connectivity index (χ0) is 21.7. The lowest BCUT2D eigenvalue weighted by Gasteiger charge is -2.36. The Morgan fingerprint density at radius 3 is 2.39 bits per heavy atom. The van der Waals surface area contributed by atoms with Gasteiger partial charge in [0, 0.05) is 37.6 Å². The average molecular weight is 449 g/mol. The summed E-state index contributed by atoms with van der Waals surface area (Å²) in [5, 5.41) is 12.7. The molecule has 0 spiro atoms. The molecule has 0 bridgehead atoms. The van der Waals surface area contributed by atoms with E-state index in [0.717, 1.165) is 61.8 Å². The van der Waals surface area contributed by atoms with E-state index in [0.29, 0.717) is 5.69 Å². The molecule has 31 heavy (non-hydrogen) atoms. The van der Waals surface area contributed by atoms with Crippen LogP contribution in [-0.4, -0.2) is 63.6 Å². The Bertz CT molecular complexity index is 971. The van der Waals surface area contributed by atoms with Crippen molar-refractivity contribution in [1.82, 2.24) is 25.1 Å². The molecule has 0 saturated carbocycles. The lowest BCUT2D eigenvalue weighted by molar-refractivity contribution is -0.137. The van der Waals surface area contributed by atoms with E-state index in [4.69, 9.17) is 0 Å². The highest BCUT2D eigenvalue weighted by Gasteiger charge is 2.31. The second kappa shape index (κ2) is 9.69. The molecule has 1 aliphatic rings. The highest BCUT2D eigenvalue weighted by atomic mass is 32.2. The van der Waals surface area contributed by atoms with Crippen LogP contribution in [-0.2, 0) is 6.18 Å². The maximum absolute atomic E-state index is 13.0. The van der Waals surface area contributed by atoms with E-state index in [1.807, 2.05) is 35.2 Å². The molecule has 1 aromatic heterocycles. The van der Waals surface area contributed by atoms with Crippen molar-refractivity contribution in [3.63, 3.8) is 0 Å². The van der Waals surface area contributed by atoms with E-state index < -0.39 is 11.7 Å². The van der Waals surface area contributed by atoms with Crippen LogP contribution in [0.2, 0.25) is 0 Å². The van der Waals surface area contributed by atoms with Crippen molar-refractivity contribution in [3.05, 3.63) is 60.2 Å². The standard InChI is InChI=1S/C21H23F3N6S/c22-21(23,24)17-6-4-9-19(16-17)29-13-11-28(12-14-29)10-5-15-31-20-25-26-27-30(20)18-7-2-1-3-8-18/h1-4,6-9,16H,5,10-15H2. The number of para-hydroxylation sites is 1. The number of nitrogens with zero attached hydrogens (tertiary/aromatic N) is 6. The van der Waals surface area contributed by atoms with Crippen LogP contribution < -0.4 is 4.90 Å². The molecule has 6 nitrogen and oxygen atoms in total. The monoisotopic (exact) mass is 448 g/mol. The molecule has 0 aliphatic carbocycles. The fourth-order valence-electron chi connectivity index (χ4n) is 3.56. The molecule has 0 atom stereocenters. The van der Waals surface area contributed by atoms with Gasteiger partial charge < -0.3 is 4.90 Å². The van der Waals surface area contributed by atoms with Gasteiger partial charge in [0.15, 0.2) is 0 Å². The fourth-order valence-corrected chi connectivity index (χ4v) is 4.37. The number of halogens is 3. The van der Waals surface area contributed by atoms with Crippen LogP contribution in [0.5, 0.6) is 0 Å². The average Bonchev–Trinajstić information content (AvgIpc) is 3.26. The zero-order valence-corrected chi connectivity index (χ0v) is 17.7. The van der Waals surface area contributed by atoms with Crippen molar-refractivity contribution in [2.45, 2.75) is 17.8 Å². The number of benzene rings is 2. The highest BCUT2D eigenvalue weighted by molar-refractivity contribution is 7.99. The van der Waals surface area contributed by atoms with Crippen molar-refractivity contribution < 1.29 is 13.2 Å². The molecular formula is C21H23F3N6S. The first-order valence-electron chi connectivity index (χ1n) is 10.1. The molecule has 0 unspecified atom stereocenters. The topological polar surface area (TPSA) is 50.1 Å². The summed E-state index contributed by atoms with van der Waals surface area (Å²) >= 11 is 1.62. The van der Waals surface area contributed by atoms with E-state index in [1.54, 1.807) is 22.5 Å². The van der Waals surface area contributed by atoms with E-state index >= 15 is 0 Å². The highest BCUT2D eigenvalue weighted by Crippen LogP contribution is 2.32. The van der Waals surface area contributed by atoms with Crippen LogP contribution in [0.1, 0.15) is 12.0 Å². The van der Waals surface area contributed by atoms with Crippen molar-refractivity contribution in [1.29, 1.82) is 0 Å². The van der Waals surface area contributed by atoms with Gasteiger partial charge in [-0.25, -0.2) is 0 Å².